The van der Waals surface area contributed by atoms with Gasteiger partial charge in [-0.25, -0.2) is 0 Å². The molecule has 0 atom stereocenters. The maximum atomic E-state index is 4.93. The van der Waals surface area contributed by atoms with Crippen molar-refractivity contribution in [2.45, 2.75) is 27.7 Å². The molecular formula is C9H16N2O. The van der Waals surface area contributed by atoms with E-state index in [2.05, 4.69) is 10.2 Å². The molecule has 0 spiro atoms. The van der Waals surface area contributed by atoms with Crippen molar-refractivity contribution in [3.63, 3.8) is 0 Å². The van der Waals surface area contributed by atoms with E-state index in [1.54, 1.807) is 7.11 Å². The molecule has 0 radical (unpaired) electrons. The van der Waals surface area contributed by atoms with Crippen LogP contribution in [-0.2, 0) is 0 Å². The number of hydrogen-bond donors (Lipinski definition) is 0. The number of aryl methyl sites for hydroxylation is 2. The normalized spacial score (nSPS) is 8.42. The number of nitrogens with zero attached hydrogens (tertiary/aromatic N) is 2. The molecule has 1 rings (SSSR count). The Balaban J connectivity index is 0.000000561. The molecule has 0 unspecified atom stereocenters. The Morgan fingerprint density at radius 2 is 1.75 bits per heavy atom. The fourth-order valence-electron chi connectivity index (χ4n) is 0.809. The van der Waals surface area contributed by atoms with Gasteiger partial charge in [0, 0.05) is 5.56 Å². The van der Waals surface area contributed by atoms with E-state index in [0.29, 0.717) is 5.88 Å². The van der Waals surface area contributed by atoms with Gasteiger partial charge in [-0.2, -0.15) is 5.10 Å². The van der Waals surface area contributed by atoms with Gasteiger partial charge in [0.15, 0.2) is 0 Å². The highest BCUT2D eigenvalue weighted by molar-refractivity contribution is 5.23. The SMILES string of the molecule is CC.COc1nnc(C)cc1C. The Hall–Kier alpha value is -1.12. The summed E-state index contributed by atoms with van der Waals surface area (Å²) in [6, 6.07) is 1.94. The number of ether oxygens (including phenoxy) is 1. The van der Waals surface area contributed by atoms with Gasteiger partial charge in [0.2, 0.25) is 5.88 Å². The van der Waals surface area contributed by atoms with Crippen molar-refractivity contribution in [1.29, 1.82) is 0 Å². The predicted octanol–water partition coefficient (Wildman–Crippen LogP) is 2.13. The molecule has 1 aromatic heterocycles. The third-order valence-corrected chi connectivity index (χ3v) is 1.25. The lowest BCUT2D eigenvalue weighted by Crippen LogP contribution is -1.94. The van der Waals surface area contributed by atoms with Gasteiger partial charge in [-0.1, -0.05) is 13.8 Å². The van der Waals surface area contributed by atoms with Crippen LogP contribution >= 0.6 is 0 Å². The first-order chi connectivity index (χ1) is 5.74. The van der Waals surface area contributed by atoms with Crippen LogP contribution in [0.15, 0.2) is 6.07 Å². The second-order valence-corrected chi connectivity index (χ2v) is 2.18. The Morgan fingerprint density at radius 3 is 2.17 bits per heavy atom. The molecule has 3 heteroatoms. The molecule has 1 aromatic rings. The Morgan fingerprint density at radius 1 is 1.17 bits per heavy atom. The van der Waals surface area contributed by atoms with Crippen molar-refractivity contribution in [3.8, 4) is 5.88 Å². The molecule has 1 heterocycles. The first-order valence-electron chi connectivity index (χ1n) is 4.09. The molecule has 0 aliphatic carbocycles. The summed E-state index contributed by atoms with van der Waals surface area (Å²) in [7, 11) is 1.59. The third-order valence-electron chi connectivity index (χ3n) is 1.25. The molecule has 0 saturated carbocycles. The smallest absolute Gasteiger partial charge is 0.236 e. The minimum atomic E-state index is 0.602. The zero-order chi connectivity index (χ0) is 9.56. The summed E-state index contributed by atoms with van der Waals surface area (Å²) in [6.45, 7) is 7.85. The highest BCUT2D eigenvalue weighted by atomic mass is 16.5. The summed E-state index contributed by atoms with van der Waals surface area (Å²) in [6.07, 6.45) is 0. The minimum absolute atomic E-state index is 0.602. The Bertz CT molecular complexity index is 236. The second kappa shape index (κ2) is 5.52. The van der Waals surface area contributed by atoms with Crippen LogP contribution in [0.4, 0.5) is 0 Å². The Labute approximate surface area is 73.8 Å². The molecule has 0 amide bonds. The molecule has 0 fully saturated rings. The van der Waals surface area contributed by atoms with E-state index in [4.69, 9.17) is 4.74 Å². The van der Waals surface area contributed by atoms with Crippen LogP contribution < -0.4 is 4.74 Å². The predicted molar refractivity (Wildman–Crippen MR) is 49.4 cm³/mol. The fourth-order valence-corrected chi connectivity index (χ4v) is 0.809. The van der Waals surface area contributed by atoms with E-state index in [-0.39, 0.29) is 0 Å². The van der Waals surface area contributed by atoms with Gasteiger partial charge in [0.25, 0.3) is 0 Å². The van der Waals surface area contributed by atoms with Crippen molar-refractivity contribution < 1.29 is 4.74 Å². The summed E-state index contributed by atoms with van der Waals surface area (Å²) in [5.41, 5.74) is 1.94. The molecule has 0 aliphatic heterocycles. The van der Waals surface area contributed by atoms with E-state index >= 15 is 0 Å². The van der Waals surface area contributed by atoms with Crippen molar-refractivity contribution in [2.24, 2.45) is 0 Å². The quantitative estimate of drug-likeness (QED) is 0.644. The number of aromatic nitrogens is 2. The first kappa shape index (κ1) is 10.9. The zero-order valence-electron chi connectivity index (χ0n) is 8.38. The van der Waals surface area contributed by atoms with E-state index in [1.807, 2.05) is 33.8 Å². The topological polar surface area (TPSA) is 35.0 Å². The van der Waals surface area contributed by atoms with Crippen LogP contribution in [0.1, 0.15) is 25.1 Å². The average Bonchev–Trinajstić information content (AvgIpc) is 2.08. The minimum Gasteiger partial charge on any atom is -0.480 e. The van der Waals surface area contributed by atoms with Crippen molar-refractivity contribution >= 4 is 0 Å². The van der Waals surface area contributed by atoms with Gasteiger partial charge in [-0.15, -0.1) is 5.10 Å². The summed E-state index contributed by atoms with van der Waals surface area (Å²) < 4.78 is 4.93. The van der Waals surface area contributed by atoms with E-state index in [1.165, 1.54) is 0 Å². The summed E-state index contributed by atoms with van der Waals surface area (Å²) in [5.74, 6) is 0.602. The molecule has 12 heavy (non-hydrogen) atoms. The van der Waals surface area contributed by atoms with Crippen molar-refractivity contribution in [2.75, 3.05) is 7.11 Å². The van der Waals surface area contributed by atoms with E-state index < -0.39 is 0 Å². The van der Waals surface area contributed by atoms with Crippen molar-refractivity contribution in [1.82, 2.24) is 10.2 Å². The van der Waals surface area contributed by atoms with Crippen LogP contribution in [0, 0.1) is 13.8 Å². The maximum Gasteiger partial charge on any atom is 0.236 e. The van der Waals surface area contributed by atoms with Crippen LogP contribution in [0.3, 0.4) is 0 Å². The average molecular weight is 168 g/mol. The molecule has 0 aromatic carbocycles. The molecule has 3 nitrogen and oxygen atoms in total. The monoisotopic (exact) mass is 168 g/mol. The fraction of sp³-hybridized carbons (Fsp3) is 0.556. The molecule has 68 valence electrons. The Kier molecular flexibility index (Phi) is 5.00. The molecule has 0 aliphatic rings. The largest absolute Gasteiger partial charge is 0.480 e. The van der Waals surface area contributed by atoms with Gasteiger partial charge in [0.05, 0.1) is 12.8 Å². The molecular weight excluding hydrogens is 152 g/mol. The van der Waals surface area contributed by atoms with E-state index in [9.17, 15) is 0 Å². The van der Waals surface area contributed by atoms with Crippen LogP contribution in [0.5, 0.6) is 5.88 Å². The standard InChI is InChI=1S/C7H10N2O.C2H6/c1-5-4-6(2)8-9-7(5)10-3;1-2/h4H,1-3H3;1-2H3. The van der Waals surface area contributed by atoms with Crippen molar-refractivity contribution in [3.05, 3.63) is 17.3 Å². The lowest BCUT2D eigenvalue weighted by Gasteiger charge is -2.00. The highest BCUT2D eigenvalue weighted by Crippen LogP contribution is 2.11. The lowest BCUT2D eigenvalue weighted by molar-refractivity contribution is 0.388. The van der Waals surface area contributed by atoms with Gasteiger partial charge in [-0.05, 0) is 19.9 Å². The lowest BCUT2D eigenvalue weighted by atomic mass is 10.3. The number of hydrogen-bond acceptors (Lipinski definition) is 3. The highest BCUT2D eigenvalue weighted by Gasteiger charge is 1.98. The second-order valence-electron chi connectivity index (χ2n) is 2.18. The summed E-state index contributed by atoms with van der Waals surface area (Å²) in [5, 5.41) is 7.66. The summed E-state index contributed by atoms with van der Waals surface area (Å²) >= 11 is 0. The van der Waals surface area contributed by atoms with Gasteiger partial charge >= 0.3 is 0 Å². The van der Waals surface area contributed by atoms with Crippen LogP contribution in [0.25, 0.3) is 0 Å². The maximum absolute atomic E-state index is 4.93. The molecule has 0 saturated heterocycles. The van der Waals surface area contributed by atoms with Gasteiger partial charge < -0.3 is 4.74 Å². The summed E-state index contributed by atoms with van der Waals surface area (Å²) in [4.78, 5) is 0. The number of rotatable bonds is 1. The van der Waals surface area contributed by atoms with E-state index in [0.717, 1.165) is 11.3 Å². The van der Waals surface area contributed by atoms with Crippen LogP contribution in [-0.4, -0.2) is 17.3 Å². The molecule has 0 N–H and O–H groups in total. The van der Waals surface area contributed by atoms with Gasteiger partial charge in [0.1, 0.15) is 0 Å². The molecule has 0 bridgehead atoms. The number of methoxy groups -OCH3 is 1. The van der Waals surface area contributed by atoms with Crippen LogP contribution in [0.2, 0.25) is 0 Å². The van der Waals surface area contributed by atoms with Gasteiger partial charge in [-0.3, -0.25) is 0 Å². The first-order valence-corrected chi connectivity index (χ1v) is 4.09. The zero-order valence-corrected chi connectivity index (χ0v) is 8.38. The third kappa shape index (κ3) is 2.86.